The van der Waals surface area contributed by atoms with Crippen LogP contribution in [0.3, 0.4) is 0 Å². The standard InChI is InChI=1S/C9H12FN3O5/c1-7(14)17-5-8(4-10)18-6-12-3-2-11-9(12)13(15)16/h2-3,8H,4-6H2,1H3/i10-1. The maximum Gasteiger partial charge on any atom is 0.436 e. The number of carbonyl (C=O) groups excluding carboxylic acids is 1. The first-order valence-corrected chi connectivity index (χ1v) is 5.01. The van der Waals surface area contributed by atoms with Crippen molar-refractivity contribution in [2.75, 3.05) is 13.3 Å². The average molecular weight is 260 g/mol. The molecule has 0 radical (unpaired) electrons. The minimum atomic E-state index is -0.962. The van der Waals surface area contributed by atoms with Crippen molar-refractivity contribution in [1.29, 1.82) is 0 Å². The van der Waals surface area contributed by atoms with Gasteiger partial charge in [0, 0.05) is 6.92 Å². The molecule has 1 heterocycles. The number of esters is 1. The molecule has 0 N–H and O–H groups in total. The Kier molecular flexibility index (Phi) is 5.18. The Labute approximate surface area is 101 Å². The van der Waals surface area contributed by atoms with Crippen LogP contribution < -0.4 is 0 Å². The fourth-order valence-corrected chi connectivity index (χ4v) is 1.11. The molecule has 1 atom stereocenters. The Hall–Kier alpha value is -2.03. The van der Waals surface area contributed by atoms with Gasteiger partial charge in [0.2, 0.25) is 0 Å². The highest BCUT2D eigenvalue weighted by atomic mass is 18.2. The van der Waals surface area contributed by atoms with Gasteiger partial charge in [-0.1, -0.05) is 4.98 Å². The molecule has 0 saturated heterocycles. The zero-order valence-corrected chi connectivity index (χ0v) is 9.61. The van der Waals surface area contributed by atoms with E-state index in [4.69, 9.17) is 4.74 Å². The molecule has 1 aromatic rings. The lowest BCUT2D eigenvalue weighted by atomic mass is 10.4. The highest BCUT2D eigenvalue weighted by Gasteiger charge is 2.17. The molecule has 9 heteroatoms. The fraction of sp³-hybridized carbons (Fsp3) is 0.556. The van der Waals surface area contributed by atoms with Gasteiger partial charge in [0.25, 0.3) is 0 Å². The van der Waals surface area contributed by atoms with E-state index >= 15 is 0 Å². The van der Waals surface area contributed by atoms with Crippen LogP contribution in [0, 0.1) is 10.1 Å². The molecule has 0 saturated carbocycles. The van der Waals surface area contributed by atoms with E-state index in [0.29, 0.717) is 0 Å². The lowest BCUT2D eigenvalue weighted by Crippen LogP contribution is -2.24. The largest absolute Gasteiger partial charge is 0.463 e. The highest BCUT2D eigenvalue weighted by molar-refractivity contribution is 5.65. The van der Waals surface area contributed by atoms with E-state index in [1.54, 1.807) is 0 Å². The van der Waals surface area contributed by atoms with E-state index in [1.165, 1.54) is 19.3 Å². The Morgan fingerprint density at radius 3 is 3.00 bits per heavy atom. The van der Waals surface area contributed by atoms with Crippen molar-refractivity contribution >= 4 is 11.9 Å². The molecule has 0 aliphatic heterocycles. The average Bonchev–Trinajstić information content (AvgIpc) is 2.77. The maximum absolute atomic E-state index is 12.5. The number of halogens is 1. The lowest BCUT2D eigenvalue weighted by molar-refractivity contribution is -0.397. The number of carbonyl (C=O) groups is 1. The quantitative estimate of drug-likeness (QED) is 0.406. The molecular formula is C9H12FN3O5. The van der Waals surface area contributed by atoms with Gasteiger partial charge < -0.3 is 19.6 Å². The van der Waals surface area contributed by atoms with Crippen molar-refractivity contribution in [2.24, 2.45) is 0 Å². The highest BCUT2D eigenvalue weighted by Crippen LogP contribution is 2.08. The van der Waals surface area contributed by atoms with E-state index in [1.807, 2.05) is 0 Å². The Bertz CT molecular complexity index is 422. The van der Waals surface area contributed by atoms with Crippen LogP contribution in [-0.2, 0) is 21.0 Å². The van der Waals surface area contributed by atoms with Crippen LogP contribution >= 0.6 is 0 Å². The lowest BCUT2D eigenvalue weighted by Gasteiger charge is -2.13. The van der Waals surface area contributed by atoms with Crippen molar-refractivity contribution in [3.63, 3.8) is 0 Å². The van der Waals surface area contributed by atoms with Gasteiger partial charge in [-0.25, -0.2) is 8.96 Å². The van der Waals surface area contributed by atoms with E-state index < -0.39 is 29.6 Å². The summed E-state index contributed by atoms with van der Waals surface area (Å²) >= 11 is 0. The predicted molar refractivity (Wildman–Crippen MR) is 56.4 cm³/mol. The van der Waals surface area contributed by atoms with Crippen molar-refractivity contribution in [2.45, 2.75) is 19.8 Å². The third-order valence-corrected chi connectivity index (χ3v) is 1.95. The Morgan fingerprint density at radius 1 is 1.72 bits per heavy atom. The van der Waals surface area contributed by atoms with Gasteiger partial charge >= 0.3 is 11.9 Å². The van der Waals surface area contributed by atoms with Crippen LogP contribution in [0.4, 0.5) is 10.3 Å². The molecular weight excluding hydrogens is 248 g/mol. The summed E-state index contributed by atoms with van der Waals surface area (Å²) in [4.78, 5) is 23.9. The zero-order chi connectivity index (χ0) is 13.5. The second kappa shape index (κ2) is 6.64. The van der Waals surface area contributed by atoms with Gasteiger partial charge in [-0.05, 0) is 4.92 Å². The third-order valence-electron chi connectivity index (χ3n) is 1.95. The van der Waals surface area contributed by atoms with Crippen molar-refractivity contribution in [3.8, 4) is 0 Å². The van der Waals surface area contributed by atoms with Crippen LogP contribution in [-0.4, -0.2) is 39.8 Å². The molecule has 0 aliphatic rings. The maximum atomic E-state index is 12.5. The summed E-state index contributed by atoms with van der Waals surface area (Å²) in [5.41, 5.74) is 0. The number of aromatic nitrogens is 2. The van der Waals surface area contributed by atoms with E-state index in [0.717, 1.165) is 4.57 Å². The molecule has 0 spiro atoms. The summed E-state index contributed by atoms with van der Waals surface area (Å²) in [6.45, 7) is -0.160. The van der Waals surface area contributed by atoms with Gasteiger partial charge in [-0.3, -0.25) is 4.79 Å². The Morgan fingerprint density at radius 2 is 2.44 bits per heavy atom. The van der Waals surface area contributed by atoms with Crippen LogP contribution in [0.1, 0.15) is 6.92 Å². The second-order valence-electron chi connectivity index (χ2n) is 3.33. The third kappa shape index (κ3) is 4.09. The number of hydrogen-bond donors (Lipinski definition) is 0. The number of alkyl halides is 1. The molecule has 0 aliphatic carbocycles. The van der Waals surface area contributed by atoms with E-state index in [9.17, 15) is 19.3 Å². The van der Waals surface area contributed by atoms with Gasteiger partial charge in [0.05, 0.1) is 0 Å². The first-order valence-electron chi connectivity index (χ1n) is 5.01. The molecule has 0 amide bonds. The monoisotopic (exact) mass is 260 g/mol. The minimum absolute atomic E-state index is 0.242. The summed E-state index contributed by atoms with van der Waals surface area (Å²) in [7, 11) is 0. The first-order chi connectivity index (χ1) is 8.54. The molecule has 8 nitrogen and oxygen atoms in total. The smallest absolute Gasteiger partial charge is 0.436 e. The van der Waals surface area contributed by atoms with Crippen LogP contribution in [0.25, 0.3) is 0 Å². The summed E-state index contributed by atoms with van der Waals surface area (Å²) in [5.74, 6) is -0.953. The Balaban J connectivity index is 2.49. The second-order valence-corrected chi connectivity index (χ2v) is 3.33. The summed E-state index contributed by atoms with van der Waals surface area (Å²) in [6.07, 6.45) is 1.60. The number of hydrogen-bond acceptors (Lipinski definition) is 6. The van der Waals surface area contributed by atoms with E-state index in [-0.39, 0.29) is 13.3 Å². The molecule has 0 fully saturated rings. The number of imidazole rings is 1. The van der Waals surface area contributed by atoms with Crippen LogP contribution in [0.15, 0.2) is 12.4 Å². The van der Waals surface area contributed by atoms with Crippen LogP contribution in [0.5, 0.6) is 0 Å². The molecule has 18 heavy (non-hydrogen) atoms. The fourth-order valence-electron chi connectivity index (χ4n) is 1.11. The topological polar surface area (TPSA) is 96.5 Å². The predicted octanol–water partition coefficient (Wildman–Crippen LogP) is 0.667. The van der Waals surface area contributed by atoms with Crippen molar-refractivity contribution in [3.05, 3.63) is 22.5 Å². The van der Waals surface area contributed by atoms with Gasteiger partial charge in [0.1, 0.15) is 31.8 Å². The SMILES string of the molecule is CC(=O)OCC(C[18F])OCn1ccnc1[N+](=O)[O-]. The molecule has 1 aromatic heterocycles. The number of nitrogens with zero attached hydrogens (tertiary/aromatic N) is 3. The van der Waals surface area contributed by atoms with E-state index in [2.05, 4.69) is 9.72 Å². The van der Waals surface area contributed by atoms with Gasteiger partial charge in [0.15, 0.2) is 6.73 Å². The molecule has 0 bridgehead atoms. The van der Waals surface area contributed by atoms with Gasteiger partial charge in [-0.2, -0.15) is 0 Å². The minimum Gasteiger partial charge on any atom is -0.463 e. The molecule has 100 valence electrons. The summed E-state index contributed by atoms with van der Waals surface area (Å²) < 4.78 is 23.3. The number of ether oxygens (including phenoxy) is 2. The van der Waals surface area contributed by atoms with Crippen molar-refractivity contribution in [1.82, 2.24) is 9.55 Å². The van der Waals surface area contributed by atoms with Crippen molar-refractivity contribution < 1.29 is 23.6 Å². The number of nitro groups is 1. The summed E-state index contributed by atoms with van der Waals surface area (Å²) in [6, 6.07) is 0. The van der Waals surface area contributed by atoms with Crippen LogP contribution in [0.2, 0.25) is 0 Å². The zero-order valence-electron chi connectivity index (χ0n) is 9.61. The molecule has 0 aromatic carbocycles. The summed E-state index contributed by atoms with van der Waals surface area (Å²) in [5, 5.41) is 10.5. The first kappa shape index (κ1) is 14.0. The number of rotatable bonds is 7. The molecule has 1 rings (SSSR count). The molecule has 1 unspecified atom stereocenters. The van der Waals surface area contributed by atoms with Gasteiger partial charge in [-0.15, -0.1) is 0 Å². The normalized spacial score (nSPS) is 12.1.